The zero-order chi connectivity index (χ0) is 14.0. The highest BCUT2D eigenvalue weighted by Gasteiger charge is 2.08. The maximum Gasteiger partial charge on any atom is 0.255 e. The molecular weight excluding hydrogens is 243 g/mol. The molecule has 0 radical (unpaired) electrons. The minimum Gasteiger partial charge on any atom is -0.398 e. The molecule has 0 unspecified atom stereocenters. The van der Waals surface area contributed by atoms with Crippen LogP contribution in [0.4, 0.5) is 15.8 Å². The third-order valence-corrected chi connectivity index (χ3v) is 2.96. The van der Waals surface area contributed by atoms with Gasteiger partial charge in [-0.2, -0.15) is 0 Å². The number of rotatable bonds is 2. The standard InChI is InChI=1S/C15H15FN2O/c1-9-3-4-11(8-14(9)17)15(19)18-12-5-6-13(16)10(2)7-12/h3-8H,17H2,1-2H3,(H,18,19). The maximum absolute atomic E-state index is 13.1. The number of anilines is 2. The molecule has 0 heterocycles. The zero-order valence-electron chi connectivity index (χ0n) is 10.8. The van der Waals surface area contributed by atoms with Crippen LogP contribution < -0.4 is 11.1 Å². The van der Waals surface area contributed by atoms with Crippen LogP contribution >= 0.6 is 0 Å². The summed E-state index contributed by atoms with van der Waals surface area (Å²) in [7, 11) is 0. The summed E-state index contributed by atoms with van der Waals surface area (Å²) in [5.74, 6) is -0.560. The fraction of sp³-hybridized carbons (Fsp3) is 0.133. The Balaban J connectivity index is 2.20. The van der Waals surface area contributed by atoms with Crippen LogP contribution in [0.3, 0.4) is 0 Å². The molecule has 0 aliphatic rings. The van der Waals surface area contributed by atoms with E-state index in [9.17, 15) is 9.18 Å². The number of benzene rings is 2. The van der Waals surface area contributed by atoms with Gasteiger partial charge in [-0.15, -0.1) is 0 Å². The topological polar surface area (TPSA) is 55.1 Å². The summed E-state index contributed by atoms with van der Waals surface area (Å²) < 4.78 is 13.1. The number of carbonyl (C=O) groups excluding carboxylic acids is 1. The van der Waals surface area contributed by atoms with Crippen molar-refractivity contribution in [1.29, 1.82) is 0 Å². The molecule has 0 atom stereocenters. The number of halogens is 1. The monoisotopic (exact) mass is 258 g/mol. The van der Waals surface area contributed by atoms with E-state index in [-0.39, 0.29) is 11.7 Å². The Labute approximate surface area is 111 Å². The van der Waals surface area contributed by atoms with Crippen LogP contribution in [-0.4, -0.2) is 5.91 Å². The van der Waals surface area contributed by atoms with Crippen molar-refractivity contribution in [2.45, 2.75) is 13.8 Å². The van der Waals surface area contributed by atoms with E-state index in [2.05, 4.69) is 5.32 Å². The SMILES string of the molecule is Cc1ccc(C(=O)Nc2ccc(F)c(C)c2)cc1N. The Kier molecular flexibility index (Phi) is 3.51. The molecule has 2 aromatic carbocycles. The molecular formula is C15H15FN2O. The van der Waals surface area contributed by atoms with E-state index in [1.165, 1.54) is 12.1 Å². The summed E-state index contributed by atoms with van der Waals surface area (Å²) in [6, 6.07) is 9.57. The normalized spacial score (nSPS) is 10.3. The second-order valence-corrected chi connectivity index (χ2v) is 4.49. The minimum absolute atomic E-state index is 0.266. The van der Waals surface area contributed by atoms with Crippen LogP contribution in [0.5, 0.6) is 0 Å². The second kappa shape index (κ2) is 5.10. The first-order chi connectivity index (χ1) is 8.97. The van der Waals surface area contributed by atoms with E-state index < -0.39 is 0 Å². The van der Waals surface area contributed by atoms with Crippen LogP contribution in [0.1, 0.15) is 21.5 Å². The molecule has 1 amide bonds. The van der Waals surface area contributed by atoms with Gasteiger partial charge in [0, 0.05) is 16.9 Å². The molecule has 4 heteroatoms. The van der Waals surface area contributed by atoms with E-state index in [0.29, 0.717) is 22.5 Å². The number of aryl methyl sites for hydroxylation is 2. The number of hydrogen-bond donors (Lipinski definition) is 2. The highest BCUT2D eigenvalue weighted by molar-refractivity contribution is 6.04. The predicted octanol–water partition coefficient (Wildman–Crippen LogP) is 3.28. The Hall–Kier alpha value is -2.36. The van der Waals surface area contributed by atoms with Crippen molar-refractivity contribution < 1.29 is 9.18 Å². The lowest BCUT2D eigenvalue weighted by molar-refractivity contribution is 0.102. The van der Waals surface area contributed by atoms with Gasteiger partial charge in [0.05, 0.1) is 0 Å². The summed E-state index contributed by atoms with van der Waals surface area (Å²) in [6.07, 6.45) is 0. The summed E-state index contributed by atoms with van der Waals surface area (Å²) in [4.78, 5) is 12.0. The van der Waals surface area contributed by atoms with Gasteiger partial charge in [0.15, 0.2) is 0 Å². The molecule has 0 bridgehead atoms. The predicted molar refractivity (Wildman–Crippen MR) is 74.7 cm³/mol. The van der Waals surface area contributed by atoms with Gasteiger partial charge in [-0.3, -0.25) is 4.79 Å². The van der Waals surface area contributed by atoms with Gasteiger partial charge in [0.1, 0.15) is 5.82 Å². The maximum atomic E-state index is 13.1. The number of carbonyl (C=O) groups is 1. The fourth-order valence-electron chi connectivity index (χ4n) is 1.71. The third-order valence-electron chi connectivity index (χ3n) is 2.96. The van der Waals surface area contributed by atoms with Gasteiger partial charge in [-0.1, -0.05) is 6.07 Å². The number of nitrogens with two attached hydrogens (primary N) is 1. The molecule has 2 aromatic rings. The van der Waals surface area contributed by atoms with Crippen molar-refractivity contribution in [3.63, 3.8) is 0 Å². The molecule has 19 heavy (non-hydrogen) atoms. The molecule has 0 saturated heterocycles. The molecule has 0 spiro atoms. The lowest BCUT2D eigenvalue weighted by Gasteiger charge is -2.08. The highest BCUT2D eigenvalue weighted by Crippen LogP contribution is 2.17. The summed E-state index contributed by atoms with van der Waals surface area (Å²) in [5.41, 5.74) is 8.79. The Morgan fingerprint density at radius 2 is 1.84 bits per heavy atom. The van der Waals surface area contributed by atoms with Gasteiger partial charge in [0.2, 0.25) is 0 Å². The van der Waals surface area contributed by atoms with Gasteiger partial charge >= 0.3 is 0 Å². The zero-order valence-corrected chi connectivity index (χ0v) is 10.8. The van der Waals surface area contributed by atoms with Crippen molar-refractivity contribution in [2.75, 3.05) is 11.1 Å². The molecule has 3 N–H and O–H groups in total. The lowest BCUT2D eigenvalue weighted by Crippen LogP contribution is -2.12. The van der Waals surface area contributed by atoms with Gasteiger partial charge < -0.3 is 11.1 Å². The third kappa shape index (κ3) is 2.91. The van der Waals surface area contributed by atoms with Crippen molar-refractivity contribution in [3.8, 4) is 0 Å². The smallest absolute Gasteiger partial charge is 0.255 e. The number of amides is 1. The molecule has 3 nitrogen and oxygen atoms in total. The van der Waals surface area contributed by atoms with E-state index >= 15 is 0 Å². The van der Waals surface area contributed by atoms with Gasteiger partial charge in [-0.05, 0) is 55.3 Å². The van der Waals surface area contributed by atoms with E-state index in [0.717, 1.165) is 5.56 Å². The average Bonchev–Trinajstić information content (AvgIpc) is 2.37. The Bertz CT molecular complexity index is 638. The van der Waals surface area contributed by atoms with Gasteiger partial charge in [-0.25, -0.2) is 4.39 Å². The van der Waals surface area contributed by atoms with Crippen LogP contribution in [0.2, 0.25) is 0 Å². The summed E-state index contributed by atoms with van der Waals surface area (Å²) in [6.45, 7) is 3.52. The number of nitrogens with one attached hydrogen (secondary N) is 1. The first-order valence-corrected chi connectivity index (χ1v) is 5.91. The lowest BCUT2D eigenvalue weighted by atomic mass is 10.1. The van der Waals surface area contributed by atoms with Crippen LogP contribution in [0.15, 0.2) is 36.4 Å². The number of hydrogen-bond acceptors (Lipinski definition) is 2. The molecule has 0 aliphatic heterocycles. The molecule has 0 aromatic heterocycles. The molecule has 0 aliphatic carbocycles. The van der Waals surface area contributed by atoms with Crippen LogP contribution in [-0.2, 0) is 0 Å². The Morgan fingerprint density at radius 1 is 1.11 bits per heavy atom. The summed E-state index contributed by atoms with van der Waals surface area (Å²) >= 11 is 0. The quantitative estimate of drug-likeness (QED) is 0.812. The van der Waals surface area contributed by atoms with Crippen molar-refractivity contribution >= 4 is 17.3 Å². The molecule has 98 valence electrons. The number of nitrogen functional groups attached to an aromatic ring is 1. The first-order valence-electron chi connectivity index (χ1n) is 5.91. The summed E-state index contributed by atoms with van der Waals surface area (Å²) in [5, 5.41) is 2.71. The van der Waals surface area contributed by atoms with E-state index in [4.69, 9.17) is 5.73 Å². The van der Waals surface area contributed by atoms with Crippen molar-refractivity contribution in [3.05, 3.63) is 58.9 Å². The van der Waals surface area contributed by atoms with Crippen molar-refractivity contribution in [1.82, 2.24) is 0 Å². The first kappa shape index (κ1) is 13.1. The molecule has 2 rings (SSSR count). The van der Waals surface area contributed by atoms with Gasteiger partial charge in [0.25, 0.3) is 5.91 Å². The average molecular weight is 258 g/mol. The molecule has 0 saturated carbocycles. The Morgan fingerprint density at radius 3 is 2.47 bits per heavy atom. The molecule has 0 fully saturated rings. The van der Waals surface area contributed by atoms with Crippen LogP contribution in [0, 0.1) is 19.7 Å². The second-order valence-electron chi connectivity index (χ2n) is 4.49. The van der Waals surface area contributed by atoms with E-state index in [1.807, 2.05) is 6.92 Å². The van der Waals surface area contributed by atoms with Crippen LogP contribution in [0.25, 0.3) is 0 Å². The fourth-order valence-corrected chi connectivity index (χ4v) is 1.71. The largest absolute Gasteiger partial charge is 0.398 e. The minimum atomic E-state index is -0.294. The van der Waals surface area contributed by atoms with Crippen molar-refractivity contribution in [2.24, 2.45) is 0 Å². The van der Waals surface area contributed by atoms with E-state index in [1.54, 1.807) is 31.2 Å². The highest BCUT2D eigenvalue weighted by atomic mass is 19.1.